The summed E-state index contributed by atoms with van der Waals surface area (Å²) in [5.74, 6) is 0.469. The summed E-state index contributed by atoms with van der Waals surface area (Å²) >= 11 is 3.52. The van der Waals surface area contributed by atoms with Gasteiger partial charge < -0.3 is 4.74 Å². The second-order valence-corrected chi connectivity index (χ2v) is 6.78. The van der Waals surface area contributed by atoms with E-state index in [2.05, 4.69) is 22.0 Å². The molecule has 0 bridgehead atoms. The minimum Gasteiger partial charge on any atom is -0.444 e. The summed E-state index contributed by atoms with van der Waals surface area (Å²) in [6, 6.07) is 16.2. The molecule has 22 heavy (non-hydrogen) atoms. The molecule has 2 aliphatic rings. The summed E-state index contributed by atoms with van der Waals surface area (Å²) < 4.78 is 6.59. The van der Waals surface area contributed by atoms with Gasteiger partial charge in [0.25, 0.3) is 0 Å². The number of benzene rings is 2. The van der Waals surface area contributed by atoms with Gasteiger partial charge in [-0.3, -0.25) is 4.90 Å². The van der Waals surface area contributed by atoms with Crippen molar-refractivity contribution in [3.8, 4) is 0 Å². The Morgan fingerprint density at radius 1 is 1.18 bits per heavy atom. The highest BCUT2D eigenvalue weighted by Crippen LogP contribution is 2.52. The maximum atomic E-state index is 12.5. The lowest BCUT2D eigenvalue weighted by Gasteiger charge is -2.35. The SMILES string of the molecule is O=C(OCc1ccccc1)N1c2ccc(Br)cc2C2CCC21. The van der Waals surface area contributed by atoms with Gasteiger partial charge in [0.2, 0.25) is 0 Å². The van der Waals surface area contributed by atoms with Crippen LogP contribution in [0.25, 0.3) is 0 Å². The average Bonchev–Trinajstić information content (AvgIpc) is 2.72. The second-order valence-electron chi connectivity index (χ2n) is 5.86. The van der Waals surface area contributed by atoms with Crippen LogP contribution in [-0.4, -0.2) is 12.1 Å². The number of ether oxygens (including phenoxy) is 1. The molecule has 2 aromatic rings. The van der Waals surface area contributed by atoms with E-state index >= 15 is 0 Å². The Bertz CT molecular complexity index is 716. The van der Waals surface area contributed by atoms with Gasteiger partial charge in [-0.1, -0.05) is 46.3 Å². The van der Waals surface area contributed by atoms with Crippen molar-refractivity contribution in [2.45, 2.75) is 31.4 Å². The van der Waals surface area contributed by atoms with Crippen molar-refractivity contribution >= 4 is 27.7 Å². The topological polar surface area (TPSA) is 29.5 Å². The average molecular weight is 358 g/mol. The number of fused-ring (bicyclic) bond motifs is 3. The van der Waals surface area contributed by atoms with Crippen LogP contribution >= 0.6 is 15.9 Å². The van der Waals surface area contributed by atoms with Gasteiger partial charge in [-0.2, -0.15) is 0 Å². The second kappa shape index (κ2) is 5.43. The summed E-state index contributed by atoms with van der Waals surface area (Å²) in [5, 5.41) is 0. The molecule has 2 aromatic carbocycles. The van der Waals surface area contributed by atoms with Gasteiger partial charge in [0.1, 0.15) is 6.61 Å². The number of hydrogen-bond donors (Lipinski definition) is 0. The van der Waals surface area contributed by atoms with Crippen molar-refractivity contribution < 1.29 is 9.53 Å². The third-order valence-electron chi connectivity index (χ3n) is 4.62. The van der Waals surface area contributed by atoms with Gasteiger partial charge in [0.05, 0.1) is 5.69 Å². The molecule has 1 heterocycles. The van der Waals surface area contributed by atoms with Gasteiger partial charge in [-0.25, -0.2) is 4.79 Å². The van der Waals surface area contributed by atoms with Crippen LogP contribution in [0.1, 0.15) is 29.9 Å². The van der Waals surface area contributed by atoms with Crippen molar-refractivity contribution in [2.24, 2.45) is 0 Å². The molecular weight excluding hydrogens is 342 g/mol. The van der Waals surface area contributed by atoms with Crippen LogP contribution in [0.3, 0.4) is 0 Å². The van der Waals surface area contributed by atoms with E-state index in [4.69, 9.17) is 4.74 Å². The van der Waals surface area contributed by atoms with E-state index in [1.807, 2.05) is 47.4 Å². The molecule has 112 valence electrons. The Hall–Kier alpha value is -1.81. The fourth-order valence-corrected chi connectivity index (χ4v) is 3.78. The van der Waals surface area contributed by atoms with Crippen LogP contribution in [0.2, 0.25) is 0 Å². The fourth-order valence-electron chi connectivity index (χ4n) is 3.40. The van der Waals surface area contributed by atoms with Gasteiger partial charge in [0, 0.05) is 16.4 Å². The molecule has 0 aromatic heterocycles. The quantitative estimate of drug-likeness (QED) is 0.768. The highest BCUT2D eigenvalue weighted by Gasteiger charge is 2.47. The molecule has 1 fully saturated rings. The van der Waals surface area contributed by atoms with Crippen LogP contribution in [0.4, 0.5) is 10.5 Å². The predicted molar refractivity (Wildman–Crippen MR) is 89.0 cm³/mol. The van der Waals surface area contributed by atoms with Crippen molar-refractivity contribution in [3.05, 3.63) is 64.1 Å². The van der Waals surface area contributed by atoms with Crippen molar-refractivity contribution in [3.63, 3.8) is 0 Å². The normalized spacial score (nSPS) is 21.8. The molecule has 0 spiro atoms. The van der Waals surface area contributed by atoms with Crippen molar-refractivity contribution in [1.29, 1.82) is 0 Å². The van der Waals surface area contributed by atoms with Gasteiger partial charge in [0.15, 0.2) is 0 Å². The zero-order chi connectivity index (χ0) is 15.1. The Morgan fingerprint density at radius 3 is 2.73 bits per heavy atom. The minimum atomic E-state index is -0.236. The number of halogens is 1. The number of nitrogens with zero attached hydrogens (tertiary/aromatic N) is 1. The molecule has 4 heteroatoms. The molecule has 2 atom stereocenters. The third kappa shape index (κ3) is 2.22. The maximum Gasteiger partial charge on any atom is 0.414 e. The Balaban J connectivity index is 1.54. The van der Waals surface area contributed by atoms with Gasteiger partial charge >= 0.3 is 6.09 Å². The highest BCUT2D eigenvalue weighted by atomic mass is 79.9. The number of amides is 1. The summed E-state index contributed by atoms with van der Waals surface area (Å²) in [4.78, 5) is 14.4. The van der Waals surface area contributed by atoms with Crippen LogP contribution in [-0.2, 0) is 11.3 Å². The van der Waals surface area contributed by atoms with Gasteiger partial charge in [-0.15, -0.1) is 0 Å². The van der Waals surface area contributed by atoms with E-state index in [1.54, 1.807) is 0 Å². The van der Waals surface area contributed by atoms with E-state index in [0.29, 0.717) is 12.5 Å². The highest BCUT2D eigenvalue weighted by molar-refractivity contribution is 9.10. The number of anilines is 1. The van der Waals surface area contributed by atoms with Gasteiger partial charge in [-0.05, 0) is 42.2 Å². The Morgan fingerprint density at radius 2 is 2.00 bits per heavy atom. The van der Waals surface area contributed by atoms with E-state index in [-0.39, 0.29) is 12.1 Å². The summed E-state index contributed by atoms with van der Waals surface area (Å²) in [6.45, 7) is 0.319. The number of rotatable bonds is 2. The van der Waals surface area contributed by atoms with Crippen LogP contribution in [0.5, 0.6) is 0 Å². The third-order valence-corrected chi connectivity index (χ3v) is 5.11. The zero-order valence-corrected chi connectivity index (χ0v) is 13.6. The first-order valence-electron chi connectivity index (χ1n) is 7.53. The predicted octanol–water partition coefficient (Wildman–Crippen LogP) is 4.85. The lowest BCUT2D eigenvalue weighted by Crippen LogP contribution is -2.44. The molecule has 4 rings (SSSR count). The molecule has 2 unspecified atom stereocenters. The lowest BCUT2D eigenvalue weighted by atomic mass is 9.78. The fraction of sp³-hybridized carbons (Fsp3) is 0.278. The summed E-state index contributed by atoms with van der Waals surface area (Å²) in [5.41, 5.74) is 3.28. The molecule has 1 aliphatic carbocycles. The first-order valence-corrected chi connectivity index (χ1v) is 8.33. The molecule has 1 amide bonds. The first-order chi connectivity index (χ1) is 10.7. The first kappa shape index (κ1) is 13.8. The number of carbonyl (C=O) groups is 1. The Labute approximate surface area is 138 Å². The van der Waals surface area contributed by atoms with E-state index in [1.165, 1.54) is 5.56 Å². The molecule has 1 aliphatic heterocycles. The molecule has 3 nitrogen and oxygen atoms in total. The standard InChI is InChI=1S/C18H16BrNO2/c19-13-6-8-17-15(10-13)14-7-9-16(14)20(17)18(21)22-11-12-4-2-1-3-5-12/h1-6,8,10,14,16H,7,9,11H2. The van der Waals surface area contributed by atoms with E-state index in [9.17, 15) is 4.79 Å². The molecule has 0 radical (unpaired) electrons. The zero-order valence-electron chi connectivity index (χ0n) is 12.0. The van der Waals surface area contributed by atoms with Crippen LogP contribution in [0, 0.1) is 0 Å². The lowest BCUT2D eigenvalue weighted by molar-refractivity contribution is 0.141. The van der Waals surface area contributed by atoms with E-state index < -0.39 is 0 Å². The maximum absolute atomic E-state index is 12.5. The van der Waals surface area contributed by atoms with Crippen molar-refractivity contribution in [1.82, 2.24) is 0 Å². The number of carbonyl (C=O) groups excluding carboxylic acids is 1. The van der Waals surface area contributed by atoms with E-state index in [0.717, 1.165) is 28.6 Å². The smallest absolute Gasteiger partial charge is 0.414 e. The number of hydrogen-bond acceptors (Lipinski definition) is 2. The summed E-state index contributed by atoms with van der Waals surface area (Å²) in [7, 11) is 0. The minimum absolute atomic E-state index is 0.236. The van der Waals surface area contributed by atoms with Crippen molar-refractivity contribution in [2.75, 3.05) is 4.90 Å². The Kier molecular flexibility index (Phi) is 3.41. The molecular formula is C18H16BrNO2. The molecule has 1 saturated carbocycles. The monoisotopic (exact) mass is 357 g/mol. The largest absolute Gasteiger partial charge is 0.444 e. The summed E-state index contributed by atoms with van der Waals surface area (Å²) in [6.07, 6.45) is 1.97. The molecule has 0 N–H and O–H groups in total. The van der Waals surface area contributed by atoms with Crippen LogP contribution < -0.4 is 4.90 Å². The molecule has 0 saturated heterocycles. The van der Waals surface area contributed by atoms with Crippen LogP contribution in [0.15, 0.2) is 53.0 Å².